The molecule has 0 heterocycles. The van der Waals surface area contributed by atoms with Gasteiger partial charge in [-0.3, -0.25) is 0 Å². The number of aliphatic hydroxyl groups is 1. The van der Waals surface area contributed by atoms with Crippen LogP contribution in [0.25, 0.3) is 0 Å². The highest BCUT2D eigenvalue weighted by atomic mass is 16.3. The Balaban J connectivity index is 2.67. The van der Waals surface area contributed by atoms with Gasteiger partial charge in [-0.05, 0) is 13.3 Å². The van der Waals surface area contributed by atoms with Crippen LogP contribution in [0.15, 0.2) is 23.2 Å². The van der Waals surface area contributed by atoms with E-state index >= 15 is 0 Å². The van der Waals surface area contributed by atoms with Gasteiger partial charge in [0.1, 0.15) is 7.85 Å². The van der Waals surface area contributed by atoms with Crippen molar-refractivity contribution < 1.29 is 5.11 Å². The summed E-state index contributed by atoms with van der Waals surface area (Å²) in [6.07, 6.45) is 5.33. The third-order valence-corrected chi connectivity index (χ3v) is 1.79. The lowest BCUT2D eigenvalue weighted by Gasteiger charge is -2.15. The molecular weight excluding hydrogens is 123 g/mol. The molecule has 0 radical (unpaired) electrons. The van der Waals surface area contributed by atoms with Gasteiger partial charge in [-0.25, -0.2) is 0 Å². The minimum Gasteiger partial charge on any atom is -0.396 e. The SMILES string of the molecule is BC1=CC(CO)CC(C)=C1. The maximum absolute atomic E-state index is 8.85. The first kappa shape index (κ1) is 7.61. The molecule has 0 saturated carbocycles. The highest BCUT2D eigenvalue weighted by Crippen LogP contribution is 2.19. The minimum atomic E-state index is 0.280. The first-order valence-corrected chi connectivity index (χ1v) is 3.69. The van der Waals surface area contributed by atoms with E-state index in [1.165, 1.54) is 11.0 Å². The molecule has 1 unspecified atom stereocenters. The second-order valence-corrected chi connectivity index (χ2v) is 3.05. The lowest BCUT2D eigenvalue weighted by Crippen LogP contribution is -2.07. The molecule has 1 rings (SSSR count). The van der Waals surface area contributed by atoms with E-state index < -0.39 is 0 Å². The molecule has 1 nitrogen and oxygen atoms in total. The smallest absolute Gasteiger partial charge is 0.138 e. The van der Waals surface area contributed by atoms with Crippen molar-refractivity contribution in [1.82, 2.24) is 0 Å². The quantitative estimate of drug-likeness (QED) is 0.519. The summed E-state index contributed by atoms with van der Waals surface area (Å²) in [5.74, 6) is 0.366. The normalized spacial score (nSPS) is 25.6. The van der Waals surface area contributed by atoms with Gasteiger partial charge in [0.05, 0.1) is 0 Å². The molecular formula is C8H13BO. The highest BCUT2D eigenvalue weighted by molar-refractivity contribution is 6.23. The van der Waals surface area contributed by atoms with Gasteiger partial charge in [-0.1, -0.05) is 23.2 Å². The van der Waals surface area contributed by atoms with E-state index in [4.69, 9.17) is 5.11 Å². The zero-order chi connectivity index (χ0) is 7.56. The van der Waals surface area contributed by atoms with Gasteiger partial charge in [0, 0.05) is 12.5 Å². The van der Waals surface area contributed by atoms with Crippen LogP contribution in [0.1, 0.15) is 13.3 Å². The van der Waals surface area contributed by atoms with Crippen molar-refractivity contribution in [3.05, 3.63) is 23.2 Å². The highest BCUT2D eigenvalue weighted by Gasteiger charge is 2.08. The summed E-state index contributed by atoms with van der Waals surface area (Å²) in [7, 11) is 2.07. The zero-order valence-corrected chi connectivity index (χ0v) is 6.59. The standard InChI is InChI=1S/C8H13BO/c1-6-2-7(5-10)4-8(9)3-6/h3-4,7,10H,2,5,9H2,1H3. The van der Waals surface area contributed by atoms with Crippen LogP contribution in [-0.4, -0.2) is 19.6 Å². The molecule has 54 valence electrons. The van der Waals surface area contributed by atoms with E-state index in [9.17, 15) is 0 Å². The summed E-state index contributed by atoms with van der Waals surface area (Å²) in [4.78, 5) is 0. The lowest BCUT2D eigenvalue weighted by molar-refractivity contribution is 0.251. The molecule has 1 aliphatic rings. The van der Waals surface area contributed by atoms with Gasteiger partial charge in [-0.2, -0.15) is 0 Å². The third kappa shape index (κ3) is 1.74. The van der Waals surface area contributed by atoms with E-state index in [0.29, 0.717) is 5.92 Å². The van der Waals surface area contributed by atoms with Crippen molar-refractivity contribution in [1.29, 1.82) is 0 Å². The number of allylic oxidation sites excluding steroid dienone is 3. The molecule has 0 saturated heterocycles. The number of hydrogen-bond acceptors (Lipinski definition) is 1. The molecule has 0 amide bonds. The fraction of sp³-hybridized carbons (Fsp3) is 0.500. The molecule has 0 aromatic carbocycles. The van der Waals surface area contributed by atoms with Crippen molar-refractivity contribution in [2.24, 2.45) is 5.92 Å². The van der Waals surface area contributed by atoms with Gasteiger partial charge >= 0.3 is 0 Å². The van der Waals surface area contributed by atoms with Gasteiger partial charge in [-0.15, -0.1) is 0 Å². The topological polar surface area (TPSA) is 20.2 Å². The summed E-state index contributed by atoms with van der Waals surface area (Å²) in [5, 5.41) is 8.85. The molecule has 2 heteroatoms. The third-order valence-electron chi connectivity index (χ3n) is 1.79. The maximum Gasteiger partial charge on any atom is 0.138 e. The predicted octanol–water partition coefficient (Wildman–Crippen LogP) is 0.462. The van der Waals surface area contributed by atoms with Crippen LogP contribution in [0.4, 0.5) is 0 Å². The first-order valence-electron chi connectivity index (χ1n) is 3.69. The zero-order valence-electron chi connectivity index (χ0n) is 6.59. The number of rotatable bonds is 1. The Kier molecular flexibility index (Phi) is 2.33. The summed E-state index contributed by atoms with van der Waals surface area (Å²) in [6, 6.07) is 0. The molecule has 0 aliphatic heterocycles. The first-order chi connectivity index (χ1) is 4.72. The monoisotopic (exact) mass is 136 g/mol. The van der Waals surface area contributed by atoms with Crippen molar-refractivity contribution in [3.8, 4) is 0 Å². The van der Waals surface area contributed by atoms with Crippen LogP contribution < -0.4 is 0 Å². The van der Waals surface area contributed by atoms with Gasteiger partial charge in [0.25, 0.3) is 0 Å². The van der Waals surface area contributed by atoms with Crippen LogP contribution in [0, 0.1) is 5.92 Å². The Morgan fingerprint density at radius 1 is 1.80 bits per heavy atom. The number of aliphatic hydroxyl groups excluding tert-OH is 1. The Labute approximate surface area is 62.9 Å². The Morgan fingerprint density at radius 3 is 3.00 bits per heavy atom. The summed E-state index contributed by atoms with van der Waals surface area (Å²) < 4.78 is 0. The van der Waals surface area contributed by atoms with Crippen molar-refractivity contribution in [2.75, 3.05) is 6.61 Å². The Bertz CT molecular complexity index is 182. The Morgan fingerprint density at radius 2 is 2.50 bits per heavy atom. The summed E-state index contributed by atoms with van der Waals surface area (Å²) in [6.45, 7) is 2.39. The molecule has 1 N–H and O–H groups in total. The summed E-state index contributed by atoms with van der Waals surface area (Å²) in [5.41, 5.74) is 2.65. The molecule has 1 aliphatic carbocycles. The average Bonchev–Trinajstić information content (AvgIpc) is 1.85. The fourth-order valence-electron chi connectivity index (χ4n) is 1.46. The molecule has 0 fully saturated rings. The Hall–Kier alpha value is -0.495. The van der Waals surface area contributed by atoms with Crippen molar-refractivity contribution in [3.63, 3.8) is 0 Å². The van der Waals surface area contributed by atoms with E-state index in [-0.39, 0.29) is 6.61 Å². The van der Waals surface area contributed by atoms with Crippen LogP contribution in [0.5, 0.6) is 0 Å². The summed E-state index contributed by atoms with van der Waals surface area (Å²) >= 11 is 0. The van der Waals surface area contributed by atoms with Crippen molar-refractivity contribution in [2.45, 2.75) is 13.3 Å². The van der Waals surface area contributed by atoms with E-state index in [0.717, 1.165) is 6.42 Å². The second-order valence-electron chi connectivity index (χ2n) is 3.05. The lowest BCUT2D eigenvalue weighted by atomic mass is 9.83. The van der Waals surface area contributed by atoms with Gasteiger partial charge < -0.3 is 5.11 Å². The predicted molar refractivity (Wildman–Crippen MR) is 45.6 cm³/mol. The maximum atomic E-state index is 8.85. The van der Waals surface area contributed by atoms with Gasteiger partial charge in [0.2, 0.25) is 0 Å². The van der Waals surface area contributed by atoms with Gasteiger partial charge in [0.15, 0.2) is 0 Å². The fourth-order valence-corrected chi connectivity index (χ4v) is 1.46. The van der Waals surface area contributed by atoms with Crippen molar-refractivity contribution >= 4 is 7.85 Å². The van der Waals surface area contributed by atoms with Crippen LogP contribution in [-0.2, 0) is 0 Å². The molecule has 0 aromatic heterocycles. The van der Waals surface area contributed by atoms with E-state index in [2.05, 4.69) is 26.9 Å². The van der Waals surface area contributed by atoms with Crippen LogP contribution in [0.2, 0.25) is 0 Å². The van der Waals surface area contributed by atoms with Crippen LogP contribution >= 0.6 is 0 Å². The molecule has 10 heavy (non-hydrogen) atoms. The molecule has 1 atom stereocenters. The largest absolute Gasteiger partial charge is 0.396 e. The van der Waals surface area contributed by atoms with E-state index in [1.54, 1.807) is 0 Å². The van der Waals surface area contributed by atoms with E-state index in [1.807, 2.05) is 0 Å². The minimum absolute atomic E-state index is 0.280. The number of hydrogen-bond donors (Lipinski definition) is 1. The molecule has 0 aromatic rings. The molecule has 0 spiro atoms. The second kappa shape index (κ2) is 3.06. The van der Waals surface area contributed by atoms with Crippen LogP contribution in [0.3, 0.4) is 0 Å². The average molecular weight is 136 g/mol. The molecule has 0 bridgehead atoms.